The Labute approximate surface area is 170 Å². The number of aromatic amines is 1. The summed E-state index contributed by atoms with van der Waals surface area (Å²) in [7, 11) is 4.24. The second-order valence-electron chi connectivity index (χ2n) is 6.36. The van der Waals surface area contributed by atoms with Crippen molar-refractivity contribution in [1.29, 1.82) is 5.26 Å². The fourth-order valence-electron chi connectivity index (χ4n) is 3.58. The molecule has 0 saturated heterocycles. The number of nitriles is 1. The number of H-pyrrole nitrogens is 1. The molecule has 0 aliphatic carbocycles. The summed E-state index contributed by atoms with van der Waals surface area (Å²) in [5, 5.41) is 16.7. The monoisotopic (exact) mass is 414 g/mol. The first-order valence-electron chi connectivity index (χ1n) is 8.80. The van der Waals surface area contributed by atoms with E-state index in [1.807, 2.05) is 0 Å². The van der Waals surface area contributed by atoms with E-state index < -0.39 is 11.9 Å². The molecule has 3 heterocycles. The predicted molar refractivity (Wildman–Crippen MR) is 99.3 cm³/mol. The Bertz CT molecular complexity index is 1100. The number of allylic oxidation sites excluding steroid dienone is 1. The van der Waals surface area contributed by atoms with Crippen LogP contribution in [0.5, 0.6) is 28.9 Å². The molecular formula is C19H18N4O7. The van der Waals surface area contributed by atoms with Gasteiger partial charge in [0.2, 0.25) is 30.1 Å². The molecule has 0 unspecified atom stereocenters. The van der Waals surface area contributed by atoms with Crippen molar-refractivity contribution in [2.24, 2.45) is 5.73 Å². The average molecular weight is 414 g/mol. The number of hydrogen-bond acceptors (Lipinski definition) is 10. The number of ether oxygens (including phenoxy) is 6. The van der Waals surface area contributed by atoms with E-state index in [2.05, 4.69) is 16.3 Å². The number of nitrogens with one attached hydrogen (secondary N) is 1. The molecule has 0 amide bonds. The van der Waals surface area contributed by atoms with Gasteiger partial charge in [-0.1, -0.05) is 0 Å². The van der Waals surface area contributed by atoms with E-state index in [4.69, 9.17) is 34.2 Å². The van der Waals surface area contributed by atoms with Gasteiger partial charge in [0.25, 0.3) is 0 Å². The van der Waals surface area contributed by atoms with Gasteiger partial charge in [-0.15, -0.1) is 5.10 Å². The third-order valence-corrected chi connectivity index (χ3v) is 4.89. The molecule has 0 fully saturated rings. The first-order chi connectivity index (χ1) is 14.5. The highest BCUT2D eigenvalue weighted by molar-refractivity contribution is 5.74. The topological polar surface area (TPSA) is 151 Å². The van der Waals surface area contributed by atoms with E-state index in [0.717, 1.165) is 0 Å². The van der Waals surface area contributed by atoms with Crippen molar-refractivity contribution in [3.63, 3.8) is 0 Å². The molecule has 11 heteroatoms. The summed E-state index contributed by atoms with van der Waals surface area (Å²) in [6.07, 6.45) is -0.110. The van der Waals surface area contributed by atoms with Gasteiger partial charge in [0.05, 0.1) is 44.9 Å². The maximum Gasteiger partial charge on any atom is 0.311 e. The number of carbonyl (C=O) groups excluding carboxylic acids is 1. The van der Waals surface area contributed by atoms with E-state index in [-0.39, 0.29) is 30.5 Å². The summed E-state index contributed by atoms with van der Waals surface area (Å²) >= 11 is 0. The average Bonchev–Trinajstić information content (AvgIpc) is 3.39. The zero-order chi connectivity index (χ0) is 21.4. The predicted octanol–water partition coefficient (Wildman–Crippen LogP) is 1.09. The Morgan fingerprint density at radius 2 is 2.10 bits per heavy atom. The van der Waals surface area contributed by atoms with Crippen molar-refractivity contribution in [2.45, 2.75) is 12.3 Å². The molecule has 11 nitrogen and oxygen atoms in total. The number of hydrogen-bond donors (Lipinski definition) is 2. The number of benzene rings is 1. The number of carbonyl (C=O) groups is 1. The summed E-state index contributed by atoms with van der Waals surface area (Å²) in [4.78, 5) is 11.9. The Hall–Kier alpha value is -4.07. The summed E-state index contributed by atoms with van der Waals surface area (Å²) in [5.41, 5.74) is 7.51. The molecule has 4 rings (SSSR count). The summed E-state index contributed by atoms with van der Waals surface area (Å²) < 4.78 is 32.4. The molecule has 156 valence electrons. The lowest BCUT2D eigenvalue weighted by Gasteiger charge is -2.26. The van der Waals surface area contributed by atoms with Gasteiger partial charge in [0.15, 0.2) is 11.5 Å². The van der Waals surface area contributed by atoms with Gasteiger partial charge < -0.3 is 34.2 Å². The standard InChI is InChI=1S/C19H18N4O7/c1-25-11-4-8(15(27-3)17-16(11)28-7-29-17)13-9(6-20)18(21)30-19-14(13)10(22-23-19)5-12(24)26-2/h4,13H,5,7,21H2,1-3H3,(H,22,23)/t13-/m0/s1. The van der Waals surface area contributed by atoms with Gasteiger partial charge >= 0.3 is 5.97 Å². The molecule has 0 spiro atoms. The van der Waals surface area contributed by atoms with Gasteiger partial charge in [0, 0.05) is 5.56 Å². The zero-order valence-corrected chi connectivity index (χ0v) is 16.4. The van der Waals surface area contributed by atoms with Crippen LogP contribution in [0.1, 0.15) is 22.7 Å². The van der Waals surface area contributed by atoms with Crippen LogP contribution in [0.4, 0.5) is 0 Å². The van der Waals surface area contributed by atoms with Gasteiger partial charge in [-0.25, -0.2) is 0 Å². The lowest BCUT2D eigenvalue weighted by atomic mass is 9.82. The summed E-state index contributed by atoms with van der Waals surface area (Å²) in [5.74, 6) is 0.245. The molecule has 0 radical (unpaired) electrons. The number of rotatable bonds is 5. The fourth-order valence-corrected chi connectivity index (χ4v) is 3.58. The lowest BCUT2D eigenvalue weighted by Crippen LogP contribution is -2.22. The second-order valence-corrected chi connectivity index (χ2v) is 6.36. The van der Waals surface area contributed by atoms with Crippen molar-refractivity contribution >= 4 is 5.97 Å². The quantitative estimate of drug-likeness (QED) is 0.680. The second kappa shape index (κ2) is 7.40. The van der Waals surface area contributed by atoms with E-state index in [1.165, 1.54) is 21.3 Å². The van der Waals surface area contributed by atoms with Crippen molar-refractivity contribution in [2.75, 3.05) is 28.1 Å². The molecule has 2 aliphatic heterocycles. The largest absolute Gasteiger partial charge is 0.493 e. The first kappa shape index (κ1) is 19.3. The van der Waals surface area contributed by atoms with Crippen molar-refractivity contribution in [3.8, 4) is 34.9 Å². The van der Waals surface area contributed by atoms with Crippen LogP contribution in [0, 0.1) is 11.3 Å². The molecule has 3 N–H and O–H groups in total. The zero-order valence-electron chi connectivity index (χ0n) is 16.4. The molecule has 30 heavy (non-hydrogen) atoms. The van der Waals surface area contributed by atoms with Gasteiger partial charge in [-0.2, -0.15) is 5.26 Å². The number of esters is 1. The molecule has 1 atom stereocenters. The molecule has 1 aromatic heterocycles. The third-order valence-electron chi connectivity index (χ3n) is 4.89. The number of fused-ring (bicyclic) bond motifs is 2. The minimum atomic E-state index is -0.768. The van der Waals surface area contributed by atoms with E-state index in [9.17, 15) is 10.1 Å². The molecular weight excluding hydrogens is 396 g/mol. The maximum absolute atomic E-state index is 11.9. The maximum atomic E-state index is 11.9. The SMILES string of the molecule is COC(=O)Cc1[nH]nc2c1[C@@H](c1cc(OC)c3c(c1OC)OCO3)C(C#N)=C(N)O2. The van der Waals surface area contributed by atoms with Gasteiger partial charge in [0.1, 0.15) is 11.6 Å². The van der Waals surface area contributed by atoms with Crippen LogP contribution >= 0.6 is 0 Å². The highest BCUT2D eigenvalue weighted by Crippen LogP contribution is 2.55. The number of nitrogens with two attached hydrogens (primary N) is 1. The Morgan fingerprint density at radius 1 is 1.33 bits per heavy atom. The molecule has 0 bridgehead atoms. The molecule has 2 aliphatic rings. The number of methoxy groups -OCH3 is 3. The smallest absolute Gasteiger partial charge is 0.311 e. The number of aromatic nitrogens is 2. The van der Waals surface area contributed by atoms with Crippen molar-refractivity contribution in [3.05, 3.63) is 34.3 Å². The Morgan fingerprint density at radius 3 is 2.77 bits per heavy atom. The van der Waals surface area contributed by atoms with E-state index in [0.29, 0.717) is 39.8 Å². The van der Waals surface area contributed by atoms with Crippen LogP contribution in [-0.4, -0.2) is 44.3 Å². The summed E-state index contributed by atoms with van der Waals surface area (Å²) in [6, 6.07) is 3.76. The van der Waals surface area contributed by atoms with E-state index >= 15 is 0 Å². The van der Waals surface area contributed by atoms with Crippen LogP contribution in [0.25, 0.3) is 0 Å². The first-order valence-corrected chi connectivity index (χ1v) is 8.80. The Balaban J connectivity index is 1.98. The van der Waals surface area contributed by atoms with Crippen LogP contribution < -0.4 is 29.4 Å². The van der Waals surface area contributed by atoms with E-state index in [1.54, 1.807) is 6.07 Å². The van der Waals surface area contributed by atoms with Crippen LogP contribution in [0.3, 0.4) is 0 Å². The van der Waals surface area contributed by atoms with Gasteiger partial charge in [-0.05, 0) is 6.07 Å². The number of nitrogens with zero attached hydrogens (tertiary/aromatic N) is 2. The highest BCUT2D eigenvalue weighted by Gasteiger charge is 2.40. The molecule has 0 saturated carbocycles. The van der Waals surface area contributed by atoms with Crippen LogP contribution in [-0.2, 0) is 16.0 Å². The highest BCUT2D eigenvalue weighted by atomic mass is 16.7. The van der Waals surface area contributed by atoms with Crippen LogP contribution in [0.15, 0.2) is 17.5 Å². The normalized spacial score (nSPS) is 16.4. The molecule has 1 aromatic carbocycles. The third kappa shape index (κ3) is 2.81. The lowest BCUT2D eigenvalue weighted by molar-refractivity contribution is -0.139. The van der Waals surface area contributed by atoms with Crippen molar-refractivity contribution in [1.82, 2.24) is 10.2 Å². The van der Waals surface area contributed by atoms with Crippen molar-refractivity contribution < 1.29 is 33.2 Å². The van der Waals surface area contributed by atoms with Crippen LogP contribution in [0.2, 0.25) is 0 Å². The fraction of sp³-hybridized carbons (Fsp3) is 0.316. The minimum absolute atomic E-state index is 0.00702. The molecule has 2 aromatic rings. The summed E-state index contributed by atoms with van der Waals surface area (Å²) in [6.45, 7) is -0.00702. The Kier molecular flexibility index (Phi) is 4.75. The minimum Gasteiger partial charge on any atom is -0.493 e. The van der Waals surface area contributed by atoms with Gasteiger partial charge in [-0.3, -0.25) is 9.89 Å².